The van der Waals surface area contributed by atoms with Gasteiger partial charge in [-0.2, -0.15) is 0 Å². The first-order valence-electron chi connectivity index (χ1n) is 6.02. The first-order valence-corrected chi connectivity index (χ1v) is 6.40. The summed E-state index contributed by atoms with van der Waals surface area (Å²) in [5.74, 6) is 0.286. The molecule has 0 unspecified atom stereocenters. The molecule has 0 bridgehead atoms. The summed E-state index contributed by atoms with van der Waals surface area (Å²) in [5.41, 5.74) is 8.11. The molecule has 0 saturated heterocycles. The third-order valence-corrected chi connectivity index (χ3v) is 3.15. The van der Waals surface area contributed by atoms with E-state index in [1.165, 1.54) is 0 Å². The van der Waals surface area contributed by atoms with Gasteiger partial charge in [-0.25, -0.2) is 0 Å². The lowest BCUT2D eigenvalue weighted by molar-refractivity contribution is 0.102. The number of methoxy groups -OCH3 is 1. The largest absolute Gasteiger partial charge is 0.495 e. The van der Waals surface area contributed by atoms with E-state index in [1.54, 1.807) is 31.4 Å². The van der Waals surface area contributed by atoms with Gasteiger partial charge in [0.15, 0.2) is 0 Å². The third kappa shape index (κ3) is 3.03. The van der Waals surface area contributed by atoms with E-state index in [-0.39, 0.29) is 5.91 Å². The van der Waals surface area contributed by atoms with Gasteiger partial charge in [-0.05, 0) is 42.8 Å². The Morgan fingerprint density at radius 3 is 2.65 bits per heavy atom. The number of ether oxygens (including phenoxy) is 1. The van der Waals surface area contributed by atoms with Crippen molar-refractivity contribution in [1.82, 2.24) is 0 Å². The Morgan fingerprint density at radius 2 is 2.00 bits per heavy atom. The summed E-state index contributed by atoms with van der Waals surface area (Å²) in [5, 5.41) is 3.10. The Labute approximate surface area is 122 Å². The topological polar surface area (TPSA) is 64.3 Å². The van der Waals surface area contributed by atoms with Gasteiger partial charge >= 0.3 is 0 Å². The van der Waals surface area contributed by atoms with Gasteiger partial charge in [0.25, 0.3) is 5.91 Å². The van der Waals surface area contributed by atoms with Crippen molar-refractivity contribution in [2.24, 2.45) is 0 Å². The average Bonchev–Trinajstić information content (AvgIpc) is 2.38. The van der Waals surface area contributed by atoms with Gasteiger partial charge in [-0.15, -0.1) is 0 Å². The summed E-state index contributed by atoms with van der Waals surface area (Å²) < 4.78 is 5.22. The summed E-state index contributed by atoms with van der Waals surface area (Å²) in [6.45, 7) is 1.94. The molecule has 0 aliphatic rings. The third-order valence-electron chi connectivity index (χ3n) is 2.84. The molecule has 0 spiro atoms. The molecule has 0 aromatic heterocycles. The summed E-state index contributed by atoms with van der Waals surface area (Å²) in [4.78, 5) is 12.2. The van der Waals surface area contributed by atoms with E-state index in [0.717, 1.165) is 5.56 Å². The van der Waals surface area contributed by atoms with Crippen molar-refractivity contribution >= 4 is 28.9 Å². The molecule has 0 radical (unpaired) electrons. The summed E-state index contributed by atoms with van der Waals surface area (Å²) >= 11 is 6.02. The summed E-state index contributed by atoms with van der Waals surface area (Å²) in [7, 11) is 1.55. The minimum Gasteiger partial charge on any atom is -0.495 e. The number of halogens is 1. The highest BCUT2D eigenvalue weighted by Gasteiger charge is 2.13. The number of nitrogen functional groups attached to an aromatic ring is 1. The van der Waals surface area contributed by atoms with E-state index >= 15 is 0 Å². The van der Waals surface area contributed by atoms with Crippen molar-refractivity contribution in [1.29, 1.82) is 0 Å². The molecule has 0 heterocycles. The molecule has 4 nitrogen and oxygen atoms in total. The quantitative estimate of drug-likeness (QED) is 0.851. The van der Waals surface area contributed by atoms with Gasteiger partial charge in [-0.1, -0.05) is 17.7 Å². The Kier molecular flexibility index (Phi) is 4.15. The van der Waals surface area contributed by atoms with Crippen LogP contribution < -0.4 is 15.8 Å². The van der Waals surface area contributed by atoms with Crippen LogP contribution in [0.1, 0.15) is 15.9 Å². The minimum atomic E-state index is -0.307. The molecule has 0 aliphatic carbocycles. The average molecular weight is 291 g/mol. The highest BCUT2D eigenvalue weighted by Crippen LogP contribution is 2.27. The van der Waals surface area contributed by atoms with Crippen molar-refractivity contribution in [3.05, 3.63) is 52.5 Å². The van der Waals surface area contributed by atoms with Crippen LogP contribution in [0.3, 0.4) is 0 Å². The van der Waals surface area contributed by atoms with E-state index in [9.17, 15) is 4.79 Å². The summed E-state index contributed by atoms with van der Waals surface area (Å²) in [6.07, 6.45) is 0. The van der Waals surface area contributed by atoms with Crippen LogP contribution in [-0.4, -0.2) is 13.0 Å². The second-order valence-electron chi connectivity index (χ2n) is 4.40. The number of aryl methyl sites for hydroxylation is 1. The number of carbonyl (C=O) groups excluding carboxylic acids is 1. The van der Waals surface area contributed by atoms with Crippen LogP contribution in [0.15, 0.2) is 36.4 Å². The van der Waals surface area contributed by atoms with Crippen molar-refractivity contribution in [3.8, 4) is 5.75 Å². The number of carbonyl (C=O) groups is 1. The number of hydrogen-bond donors (Lipinski definition) is 2. The Hall–Kier alpha value is -2.20. The van der Waals surface area contributed by atoms with Crippen molar-refractivity contribution in [3.63, 3.8) is 0 Å². The number of amides is 1. The predicted octanol–water partition coefficient (Wildman–Crippen LogP) is 3.49. The van der Waals surface area contributed by atoms with Crippen LogP contribution in [0, 0.1) is 6.92 Å². The van der Waals surface area contributed by atoms with E-state index in [1.807, 2.05) is 19.1 Å². The molecule has 3 N–H and O–H groups in total. The maximum atomic E-state index is 12.2. The SMILES string of the molecule is COc1ccc(C)cc1NC(=O)c1ccc(N)cc1Cl. The number of benzene rings is 2. The van der Waals surface area contributed by atoms with Gasteiger partial charge in [-0.3, -0.25) is 4.79 Å². The number of rotatable bonds is 3. The Morgan fingerprint density at radius 1 is 1.25 bits per heavy atom. The number of nitrogens with two attached hydrogens (primary N) is 1. The Balaban J connectivity index is 2.30. The number of nitrogens with one attached hydrogen (secondary N) is 1. The van der Waals surface area contributed by atoms with Crippen LogP contribution >= 0.6 is 11.6 Å². The maximum absolute atomic E-state index is 12.2. The molecular formula is C15H15ClN2O2. The van der Waals surface area contributed by atoms with E-state index in [2.05, 4.69) is 5.32 Å². The zero-order chi connectivity index (χ0) is 14.7. The van der Waals surface area contributed by atoms with Crippen molar-refractivity contribution in [2.45, 2.75) is 6.92 Å². The van der Waals surface area contributed by atoms with Crippen LogP contribution in [0.5, 0.6) is 5.75 Å². The fraction of sp³-hybridized carbons (Fsp3) is 0.133. The molecular weight excluding hydrogens is 276 g/mol. The van der Waals surface area contributed by atoms with E-state index in [0.29, 0.717) is 27.7 Å². The van der Waals surface area contributed by atoms with Gasteiger partial charge in [0.1, 0.15) is 5.75 Å². The summed E-state index contributed by atoms with van der Waals surface area (Å²) in [6, 6.07) is 10.3. The highest BCUT2D eigenvalue weighted by atomic mass is 35.5. The van der Waals surface area contributed by atoms with Crippen molar-refractivity contribution < 1.29 is 9.53 Å². The zero-order valence-corrected chi connectivity index (χ0v) is 12.0. The van der Waals surface area contributed by atoms with E-state index < -0.39 is 0 Å². The fourth-order valence-corrected chi connectivity index (χ4v) is 2.10. The fourth-order valence-electron chi connectivity index (χ4n) is 1.82. The monoisotopic (exact) mass is 290 g/mol. The second-order valence-corrected chi connectivity index (χ2v) is 4.80. The molecule has 1 amide bonds. The molecule has 2 rings (SSSR count). The first kappa shape index (κ1) is 14.2. The molecule has 0 aliphatic heterocycles. The minimum absolute atomic E-state index is 0.307. The van der Waals surface area contributed by atoms with Gasteiger partial charge < -0.3 is 15.8 Å². The normalized spacial score (nSPS) is 10.2. The lowest BCUT2D eigenvalue weighted by Gasteiger charge is -2.12. The zero-order valence-electron chi connectivity index (χ0n) is 11.2. The molecule has 2 aromatic carbocycles. The predicted molar refractivity (Wildman–Crippen MR) is 81.5 cm³/mol. The van der Waals surface area contributed by atoms with Crippen LogP contribution in [0.2, 0.25) is 5.02 Å². The molecule has 5 heteroatoms. The number of anilines is 2. The Bertz CT molecular complexity index is 656. The standard InChI is InChI=1S/C15H15ClN2O2/c1-9-3-6-14(20-2)13(7-9)18-15(19)11-5-4-10(17)8-12(11)16/h3-8H,17H2,1-2H3,(H,18,19). The molecule has 0 atom stereocenters. The van der Waals surface area contributed by atoms with Crippen LogP contribution in [-0.2, 0) is 0 Å². The molecule has 20 heavy (non-hydrogen) atoms. The van der Waals surface area contributed by atoms with Crippen LogP contribution in [0.4, 0.5) is 11.4 Å². The van der Waals surface area contributed by atoms with Crippen molar-refractivity contribution in [2.75, 3.05) is 18.2 Å². The highest BCUT2D eigenvalue weighted by molar-refractivity contribution is 6.34. The smallest absolute Gasteiger partial charge is 0.257 e. The van der Waals surface area contributed by atoms with Gasteiger partial charge in [0.05, 0.1) is 23.4 Å². The first-order chi connectivity index (χ1) is 9.51. The van der Waals surface area contributed by atoms with E-state index in [4.69, 9.17) is 22.1 Å². The molecule has 104 valence electrons. The van der Waals surface area contributed by atoms with Crippen LogP contribution in [0.25, 0.3) is 0 Å². The maximum Gasteiger partial charge on any atom is 0.257 e. The lowest BCUT2D eigenvalue weighted by Crippen LogP contribution is -2.13. The second kappa shape index (κ2) is 5.84. The van der Waals surface area contributed by atoms with Gasteiger partial charge in [0, 0.05) is 5.69 Å². The molecule has 2 aromatic rings. The van der Waals surface area contributed by atoms with Gasteiger partial charge in [0.2, 0.25) is 0 Å². The molecule has 0 fully saturated rings. The number of hydrogen-bond acceptors (Lipinski definition) is 3. The molecule has 0 saturated carbocycles. The lowest BCUT2D eigenvalue weighted by atomic mass is 10.1.